The molecule has 0 aromatic rings. The van der Waals surface area contributed by atoms with Crippen LogP contribution in [0.5, 0.6) is 0 Å². The molecule has 0 saturated heterocycles. The Morgan fingerprint density at radius 1 is 1.12 bits per heavy atom. The van der Waals surface area contributed by atoms with Crippen LogP contribution in [0.15, 0.2) is 36.1 Å². The van der Waals surface area contributed by atoms with E-state index < -0.39 is 0 Å². The molecule has 0 aromatic carbocycles. The monoisotopic (exact) mass is 447 g/mol. The molecule has 186 valence electrons. The fraction of sp³-hybridized carbons (Fsp3) is 0.793. The van der Waals surface area contributed by atoms with Crippen molar-refractivity contribution < 1.29 is 14.9 Å². The predicted molar refractivity (Wildman–Crippen MR) is 135 cm³/mol. The lowest BCUT2D eigenvalue weighted by Gasteiger charge is -2.38. The first kappa shape index (κ1) is 29.0. The van der Waals surface area contributed by atoms with Gasteiger partial charge in [0.1, 0.15) is 0 Å². The molecule has 1 aliphatic rings. The molecular formula is C29H51O3-. The minimum atomic E-state index is -0.0415. The SMILES string of the molecule is C=C([O-])C(C)CC/C=C(\C)CCCC(C)CCCC(CO)OC1C(CC)C=CC(C)C1C. The van der Waals surface area contributed by atoms with Crippen molar-refractivity contribution in [3.05, 3.63) is 36.1 Å². The molecule has 1 rings (SSSR count). The first-order valence-corrected chi connectivity index (χ1v) is 13.2. The maximum Gasteiger partial charge on any atom is 0.0809 e. The first-order chi connectivity index (χ1) is 15.2. The van der Waals surface area contributed by atoms with Crippen LogP contribution in [-0.2, 0) is 4.74 Å². The smallest absolute Gasteiger partial charge is 0.0809 e. The summed E-state index contributed by atoms with van der Waals surface area (Å²) < 4.78 is 6.46. The molecule has 0 aromatic heterocycles. The van der Waals surface area contributed by atoms with Gasteiger partial charge in [-0.1, -0.05) is 77.7 Å². The number of aliphatic hydroxyl groups excluding tert-OH is 1. The third-order valence-electron chi connectivity index (χ3n) is 7.59. The summed E-state index contributed by atoms with van der Waals surface area (Å²) in [6.07, 6.45) is 16.9. The van der Waals surface area contributed by atoms with E-state index in [0.29, 0.717) is 23.7 Å². The van der Waals surface area contributed by atoms with Crippen LogP contribution in [0.3, 0.4) is 0 Å². The molecule has 0 aliphatic heterocycles. The molecule has 32 heavy (non-hydrogen) atoms. The van der Waals surface area contributed by atoms with Gasteiger partial charge in [0.05, 0.1) is 18.8 Å². The molecule has 0 amide bonds. The van der Waals surface area contributed by atoms with E-state index in [2.05, 4.69) is 59.4 Å². The Morgan fingerprint density at radius 3 is 2.44 bits per heavy atom. The van der Waals surface area contributed by atoms with Gasteiger partial charge in [-0.3, -0.25) is 0 Å². The molecule has 7 atom stereocenters. The number of aliphatic hydroxyl groups is 1. The lowest BCUT2D eigenvalue weighted by Crippen LogP contribution is -2.39. The van der Waals surface area contributed by atoms with Gasteiger partial charge in [0.25, 0.3) is 0 Å². The number of hydrogen-bond acceptors (Lipinski definition) is 3. The van der Waals surface area contributed by atoms with Crippen molar-refractivity contribution >= 4 is 0 Å². The number of ether oxygens (including phenoxy) is 1. The summed E-state index contributed by atoms with van der Waals surface area (Å²) in [6, 6.07) is 0. The van der Waals surface area contributed by atoms with Gasteiger partial charge in [-0.05, 0) is 69.1 Å². The predicted octanol–water partition coefficient (Wildman–Crippen LogP) is 6.81. The third kappa shape index (κ3) is 10.7. The van der Waals surface area contributed by atoms with Gasteiger partial charge in [-0.2, -0.15) is 0 Å². The summed E-state index contributed by atoms with van der Waals surface area (Å²) in [5.74, 6) is 2.31. The van der Waals surface area contributed by atoms with E-state index >= 15 is 0 Å². The third-order valence-corrected chi connectivity index (χ3v) is 7.59. The highest BCUT2D eigenvalue weighted by molar-refractivity contribution is 5.04. The second kappa shape index (κ2) is 15.7. The number of rotatable bonds is 16. The highest BCUT2D eigenvalue weighted by Gasteiger charge is 2.33. The van der Waals surface area contributed by atoms with Gasteiger partial charge in [0.15, 0.2) is 0 Å². The van der Waals surface area contributed by atoms with E-state index in [4.69, 9.17) is 4.74 Å². The maximum atomic E-state index is 11.2. The molecular weight excluding hydrogens is 396 g/mol. The Bertz CT molecular complexity index is 579. The maximum absolute atomic E-state index is 11.2. The van der Waals surface area contributed by atoms with Crippen molar-refractivity contribution in [3.8, 4) is 0 Å². The van der Waals surface area contributed by atoms with Crippen LogP contribution in [-0.4, -0.2) is 23.9 Å². The highest BCUT2D eigenvalue weighted by atomic mass is 16.5. The Kier molecular flexibility index (Phi) is 14.2. The summed E-state index contributed by atoms with van der Waals surface area (Å²) in [6.45, 7) is 16.9. The van der Waals surface area contributed by atoms with Crippen LogP contribution in [0.1, 0.15) is 99.3 Å². The van der Waals surface area contributed by atoms with Crippen LogP contribution >= 0.6 is 0 Å². The summed E-state index contributed by atoms with van der Waals surface area (Å²) in [7, 11) is 0. The summed E-state index contributed by atoms with van der Waals surface area (Å²) in [5, 5.41) is 21.1. The number of hydrogen-bond donors (Lipinski definition) is 1. The van der Waals surface area contributed by atoms with Crippen LogP contribution < -0.4 is 5.11 Å². The molecule has 0 fully saturated rings. The normalized spacial score (nSPS) is 26.7. The summed E-state index contributed by atoms with van der Waals surface area (Å²) >= 11 is 0. The van der Waals surface area contributed by atoms with Gasteiger partial charge in [-0.15, -0.1) is 12.3 Å². The van der Waals surface area contributed by atoms with E-state index in [1.807, 2.05) is 6.92 Å². The van der Waals surface area contributed by atoms with Crippen molar-refractivity contribution in [2.24, 2.45) is 29.6 Å². The highest BCUT2D eigenvalue weighted by Crippen LogP contribution is 2.33. The molecule has 0 spiro atoms. The van der Waals surface area contributed by atoms with Crippen molar-refractivity contribution in [2.75, 3.05) is 6.61 Å². The topological polar surface area (TPSA) is 52.5 Å². The Hall–Kier alpha value is -1.06. The first-order valence-electron chi connectivity index (χ1n) is 13.2. The lowest BCUT2D eigenvalue weighted by molar-refractivity contribution is -0.313. The fourth-order valence-electron chi connectivity index (χ4n) is 4.72. The molecule has 3 heteroatoms. The minimum Gasteiger partial charge on any atom is -0.876 e. The van der Waals surface area contributed by atoms with Crippen LogP contribution in [0, 0.1) is 29.6 Å². The molecule has 0 radical (unpaired) electrons. The average molecular weight is 448 g/mol. The molecule has 1 N–H and O–H groups in total. The number of allylic oxidation sites excluding steroid dienone is 4. The van der Waals surface area contributed by atoms with Crippen LogP contribution in [0.2, 0.25) is 0 Å². The van der Waals surface area contributed by atoms with Crippen LogP contribution in [0.25, 0.3) is 0 Å². The fourth-order valence-corrected chi connectivity index (χ4v) is 4.72. The largest absolute Gasteiger partial charge is 0.876 e. The van der Waals surface area contributed by atoms with E-state index in [9.17, 15) is 10.2 Å². The zero-order valence-corrected chi connectivity index (χ0v) is 21.8. The second-order valence-electron chi connectivity index (χ2n) is 10.5. The van der Waals surface area contributed by atoms with E-state index in [1.54, 1.807) is 0 Å². The van der Waals surface area contributed by atoms with Crippen molar-refractivity contribution in [3.63, 3.8) is 0 Å². The molecule has 0 heterocycles. The molecule has 0 saturated carbocycles. The van der Waals surface area contributed by atoms with Gasteiger partial charge in [0, 0.05) is 5.92 Å². The Balaban J connectivity index is 2.28. The summed E-state index contributed by atoms with van der Waals surface area (Å²) in [4.78, 5) is 0. The zero-order chi connectivity index (χ0) is 24.1. The lowest BCUT2D eigenvalue weighted by atomic mass is 9.77. The van der Waals surface area contributed by atoms with Crippen molar-refractivity contribution in [2.45, 2.75) is 112 Å². The second-order valence-corrected chi connectivity index (χ2v) is 10.5. The van der Waals surface area contributed by atoms with Gasteiger partial charge in [0.2, 0.25) is 0 Å². The minimum absolute atomic E-state index is 0.0415. The molecule has 3 nitrogen and oxygen atoms in total. The van der Waals surface area contributed by atoms with E-state index in [0.717, 1.165) is 38.5 Å². The molecule has 1 aliphatic carbocycles. The zero-order valence-electron chi connectivity index (χ0n) is 21.8. The van der Waals surface area contributed by atoms with Gasteiger partial charge in [-0.25, -0.2) is 0 Å². The van der Waals surface area contributed by atoms with E-state index in [1.165, 1.54) is 24.8 Å². The van der Waals surface area contributed by atoms with Crippen LogP contribution in [0.4, 0.5) is 0 Å². The van der Waals surface area contributed by atoms with Gasteiger partial charge < -0.3 is 14.9 Å². The Morgan fingerprint density at radius 2 is 1.81 bits per heavy atom. The van der Waals surface area contributed by atoms with Crippen molar-refractivity contribution in [1.29, 1.82) is 0 Å². The standard InChI is InChI=1S/C29H52O3/c1-8-27-19-18-23(4)25(6)29(27)32-28(20-30)17-11-15-22(3)13-9-12-21(2)14-10-16-24(5)26(7)31/h14,18-19,22-25,27-31H,7-13,15-17,20H2,1-6H3/p-1/b21-14+. The molecule has 0 bridgehead atoms. The van der Waals surface area contributed by atoms with E-state index in [-0.39, 0.29) is 30.5 Å². The quantitative estimate of drug-likeness (QED) is 0.209. The summed E-state index contributed by atoms with van der Waals surface area (Å²) in [5.41, 5.74) is 1.44. The van der Waals surface area contributed by atoms with Crippen molar-refractivity contribution in [1.82, 2.24) is 0 Å². The Labute approximate surface area is 199 Å². The average Bonchev–Trinajstić information content (AvgIpc) is 2.75. The van der Waals surface area contributed by atoms with Gasteiger partial charge >= 0.3 is 0 Å². The molecule has 7 unspecified atom stereocenters.